The van der Waals surface area contributed by atoms with Gasteiger partial charge in [-0.15, -0.1) is 0 Å². The first kappa shape index (κ1) is 14.2. The van der Waals surface area contributed by atoms with Crippen molar-refractivity contribution in [3.05, 3.63) is 0 Å². The summed E-state index contributed by atoms with van der Waals surface area (Å²) in [5, 5.41) is 2.64. The average Bonchev–Trinajstić information content (AvgIpc) is 2.99. The van der Waals surface area contributed by atoms with Crippen LogP contribution < -0.4 is 11.1 Å². The summed E-state index contributed by atoms with van der Waals surface area (Å²) in [5.74, 6) is -0.807. The number of carbonyl (C=O) groups excluding carboxylic acids is 1. The van der Waals surface area contributed by atoms with Crippen LogP contribution in [0, 0.1) is 10.8 Å². The SMILES string of the molecule is NC1CC12CC(NC(=O)C1(C(F)(F)F)CCCCC1)C2. The summed E-state index contributed by atoms with van der Waals surface area (Å²) in [6.07, 6.45) is -0.412. The molecule has 114 valence electrons. The van der Waals surface area contributed by atoms with E-state index >= 15 is 0 Å². The van der Waals surface area contributed by atoms with Crippen LogP contribution in [0.2, 0.25) is 0 Å². The molecule has 3 saturated carbocycles. The largest absolute Gasteiger partial charge is 0.403 e. The Morgan fingerprint density at radius 1 is 1.10 bits per heavy atom. The van der Waals surface area contributed by atoms with E-state index < -0.39 is 17.5 Å². The molecule has 0 aromatic rings. The normalized spacial score (nSPS) is 39.2. The lowest BCUT2D eigenvalue weighted by atomic mass is 9.71. The molecule has 0 aromatic heterocycles. The van der Waals surface area contributed by atoms with Crippen LogP contribution in [0.15, 0.2) is 0 Å². The second-order valence-electron chi connectivity index (χ2n) is 6.89. The maximum Gasteiger partial charge on any atom is 0.403 e. The molecular formula is C14H21F3N2O. The first-order valence-electron chi connectivity index (χ1n) is 7.42. The van der Waals surface area contributed by atoms with E-state index in [9.17, 15) is 18.0 Å². The minimum atomic E-state index is -4.45. The lowest BCUT2D eigenvalue weighted by Gasteiger charge is -2.42. The molecule has 3 aliphatic rings. The van der Waals surface area contributed by atoms with Gasteiger partial charge in [-0.3, -0.25) is 4.79 Å². The number of nitrogens with two attached hydrogens (primary N) is 1. The van der Waals surface area contributed by atoms with Gasteiger partial charge in [-0.2, -0.15) is 13.2 Å². The van der Waals surface area contributed by atoms with E-state index in [1.165, 1.54) is 0 Å². The molecule has 3 N–H and O–H groups in total. The van der Waals surface area contributed by atoms with Crippen molar-refractivity contribution in [1.29, 1.82) is 0 Å². The van der Waals surface area contributed by atoms with Gasteiger partial charge in [-0.05, 0) is 37.5 Å². The van der Waals surface area contributed by atoms with Crippen LogP contribution in [0.5, 0.6) is 0 Å². The number of rotatable bonds is 2. The van der Waals surface area contributed by atoms with Crippen molar-refractivity contribution < 1.29 is 18.0 Å². The molecule has 0 radical (unpaired) electrons. The van der Waals surface area contributed by atoms with E-state index in [0.29, 0.717) is 12.8 Å². The maximum absolute atomic E-state index is 13.4. The average molecular weight is 290 g/mol. The molecule has 3 aliphatic carbocycles. The lowest BCUT2D eigenvalue weighted by Crippen LogP contribution is -2.57. The molecule has 0 aromatic carbocycles. The van der Waals surface area contributed by atoms with Gasteiger partial charge >= 0.3 is 6.18 Å². The van der Waals surface area contributed by atoms with E-state index in [4.69, 9.17) is 5.73 Å². The van der Waals surface area contributed by atoms with Gasteiger partial charge < -0.3 is 11.1 Å². The highest BCUT2D eigenvalue weighted by Crippen LogP contribution is 2.60. The highest BCUT2D eigenvalue weighted by molar-refractivity contribution is 5.84. The molecule has 1 unspecified atom stereocenters. The van der Waals surface area contributed by atoms with Gasteiger partial charge in [-0.25, -0.2) is 0 Å². The number of hydrogen-bond donors (Lipinski definition) is 2. The molecule has 1 spiro atoms. The summed E-state index contributed by atoms with van der Waals surface area (Å²) in [5.41, 5.74) is 3.78. The predicted molar refractivity (Wildman–Crippen MR) is 67.8 cm³/mol. The molecular weight excluding hydrogens is 269 g/mol. The standard InChI is InChI=1S/C14H21F3N2O/c15-14(16,17)13(4-2-1-3-5-13)11(20)19-9-6-12(7-9)8-10(12)18/h9-10H,1-8,18H2,(H,19,20). The molecule has 3 rings (SSSR count). The first-order chi connectivity index (χ1) is 9.29. The van der Waals surface area contributed by atoms with Crippen molar-refractivity contribution in [2.75, 3.05) is 0 Å². The number of amides is 1. The Morgan fingerprint density at radius 2 is 1.65 bits per heavy atom. The molecule has 0 saturated heterocycles. The summed E-state index contributed by atoms with van der Waals surface area (Å²) >= 11 is 0. The topological polar surface area (TPSA) is 55.1 Å². The summed E-state index contributed by atoms with van der Waals surface area (Å²) in [6.45, 7) is 0. The van der Waals surface area contributed by atoms with Gasteiger partial charge in [0, 0.05) is 12.1 Å². The summed E-state index contributed by atoms with van der Waals surface area (Å²) in [7, 11) is 0. The van der Waals surface area contributed by atoms with Gasteiger partial charge in [0.2, 0.25) is 5.91 Å². The zero-order chi connectivity index (χ0) is 14.6. The third kappa shape index (κ3) is 2.03. The monoisotopic (exact) mass is 290 g/mol. The molecule has 0 aliphatic heterocycles. The van der Waals surface area contributed by atoms with Crippen molar-refractivity contribution in [2.45, 2.75) is 69.6 Å². The van der Waals surface area contributed by atoms with Gasteiger partial charge in [0.05, 0.1) is 0 Å². The number of halogens is 3. The van der Waals surface area contributed by atoms with E-state index in [1.54, 1.807) is 0 Å². The van der Waals surface area contributed by atoms with E-state index in [0.717, 1.165) is 25.7 Å². The van der Waals surface area contributed by atoms with Crippen LogP contribution in [0.3, 0.4) is 0 Å². The van der Waals surface area contributed by atoms with Crippen molar-refractivity contribution in [3.8, 4) is 0 Å². The van der Waals surface area contributed by atoms with Crippen molar-refractivity contribution in [2.24, 2.45) is 16.6 Å². The molecule has 0 heterocycles. The molecule has 3 fully saturated rings. The van der Waals surface area contributed by atoms with Gasteiger partial charge in [0.15, 0.2) is 0 Å². The Balaban J connectivity index is 1.64. The second kappa shape index (κ2) is 4.36. The molecule has 6 heteroatoms. The molecule has 3 nitrogen and oxygen atoms in total. The van der Waals surface area contributed by atoms with Crippen LogP contribution in [0.1, 0.15) is 51.4 Å². The van der Waals surface area contributed by atoms with E-state index in [2.05, 4.69) is 5.32 Å². The van der Waals surface area contributed by atoms with Crippen LogP contribution in [0.25, 0.3) is 0 Å². The Labute approximate surface area is 116 Å². The van der Waals surface area contributed by atoms with Crippen LogP contribution >= 0.6 is 0 Å². The molecule has 1 atom stereocenters. The summed E-state index contributed by atoms with van der Waals surface area (Å²) in [6, 6.07) is 0.0686. The zero-order valence-electron chi connectivity index (χ0n) is 11.4. The van der Waals surface area contributed by atoms with Crippen LogP contribution in [-0.2, 0) is 4.79 Å². The van der Waals surface area contributed by atoms with Crippen molar-refractivity contribution in [1.82, 2.24) is 5.32 Å². The number of carbonyl (C=O) groups is 1. The molecule has 20 heavy (non-hydrogen) atoms. The van der Waals surface area contributed by atoms with Crippen LogP contribution in [0.4, 0.5) is 13.2 Å². The van der Waals surface area contributed by atoms with Crippen LogP contribution in [-0.4, -0.2) is 24.2 Å². The minimum absolute atomic E-state index is 0.0697. The Morgan fingerprint density at radius 3 is 2.10 bits per heavy atom. The quantitative estimate of drug-likeness (QED) is 0.821. The zero-order valence-corrected chi connectivity index (χ0v) is 11.4. The summed E-state index contributed by atoms with van der Waals surface area (Å²) < 4.78 is 40.1. The van der Waals surface area contributed by atoms with E-state index in [-0.39, 0.29) is 30.3 Å². The number of hydrogen-bond acceptors (Lipinski definition) is 2. The summed E-state index contributed by atoms with van der Waals surface area (Å²) in [4.78, 5) is 12.2. The highest BCUT2D eigenvalue weighted by Gasteiger charge is 2.63. The molecule has 0 bridgehead atoms. The fourth-order valence-electron chi connectivity index (χ4n) is 3.99. The van der Waals surface area contributed by atoms with Crippen molar-refractivity contribution >= 4 is 5.91 Å². The predicted octanol–water partition coefficient (Wildman–Crippen LogP) is 2.50. The smallest absolute Gasteiger partial charge is 0.353 e. The first-order valence-corrected chi connectivity index (χ1v) is 7.42. The maximum atomic E-state index is 13.4. The van der Waals surface area contributed by atoms with Gasteiger partial charge in [0.25, 0.3) is 0 Å². The Hall–Kier alpha value is -0.780. The third-order valence-electron chi connectivity index (χ3n) is 5.58. The van der Waals surface area contributed by atoms with E-state index in [1.807, 2.05) is 0 Å². The molecule has 1 amide bonds. The van der Waals surface area contributed by atoms with Gasteiger partial charge in [0.1, 0.15) is 5.41 Å². The Bertz CT molecular complexity index is 409. The second-order valence-corrected chi connectivity index (χ2v) is 6.89. The van der Waals surface area contributed by atoms with Crippen molar-refractivity contribution in [3.63, 3.8) is 0 Å². The fourth-order valence-corrected chi connectivity index (χ4v) is 3.99. The fraction of sp³-hybridized carbons (Fsp3) is 0.929. The Kier molecular flexibility index (Phi) is 3.09. The third-order valence-corrected chi connectivity index (χ3v) is 5.58. The minimum Gasteiger partial charge on any atom is -0.353 e. The highest BCUT2D eigenvalue weighted by atomic mass is 19.4. The lowest BCUT2D eigenvalue weighted by molar-refractivity contribution is -0.230. The number of alkyl halides is 3. The van der Waals surface area contributed by atoms with Gasteiger partial charge in [-0.1, -0.05) is 19.3 Å². The number of nitrogens with one attached hydrogen (secondary N) is 1.